The Balaban J connectivity index is 0.00000220. The maximum atomic E-state index is 10.6. The van der Waals surface area contributed by atoms with Gasteiger partial charge in [-0.05, 0) is 6.42 Å². The van der Waals surface area contributed by atoms with Gasteiger partial charge in [0.1, 0.15) is 24.7 Å². The standard InChI is InChI=1S/C10H14N5O4P.H3N/c1-2-7(19-20(16)17)3-18-6-15-5-14-8-9(11)12-4-13-10(8)15;/h4-5,7H,2-3,6H2,1H3,(H2-,11,12,13,16,17);1H3/p+1. The number of nitrogen functional groups attached to an aromatic ring is 1. The molecule has 0 radical (unpaired) electrons. The molecule has 0 bridgehead atoms. The number of nitrogens with two attached hydrogens (primary N) is 1. The molecule has 11 heteroatoms. The molecule has 0 aromatic carbocycles. The first-order chi connectivity index (χ1) is 9.61. The normalized spacial score (nSPS) is 13.0. The lowest BCUT2D eigenvalue weighted by atomic mass is 10.3. The van der Waals surface area contributed by atoms with Crippen molar-refractivity contribution in [3.63, 3.8) is 0 Å². The third-order valence-corrected chi connectivity index (χ3v) is 3.14. The monoisotopic (exact) mass is 317 g/mol. The van der Waals surface area contributed by atoms with Crippen molar-refractivity contribution in [3.8, 4) is 0 Å². The fourth-order valence-corrected chi connectivity index (χ4v) is 2.09. The molecule has 0 saturated carbocycles. The van der Waals surface area contributed by atoms with Gasteiger partial charge < -0.3 is 16.6 Å². The number of anilines is 1. The summed E-state index contributed by atoms with van der Waals surface area (Å²) in [6, 6.07) is 0. The van der Waals surface area contributed by atoms with E-state index >= 15 is 0 Å². The highest BCUT2D eigenvalue weighted by Gasteiger charge is 2.21. The Hall–Kier alpha value is -1.71. The van der Waals surface area contributed by atoms with Crippen LogP contribution in [0.15, 0.2) is 12.7 Å². The molecular weight excluding hydrogens is 299 g/mol. The van der Waals surface area contributed by atoms with Crippen molar-refractivity contribution < 1.29 is 18.7 Å². The second-order valence-corrected chi connectivity index (χ2v) is 4.71. The minimum absolute atomic E-state index is 0. The Morgan fingerprint density at radius 1 is 1.48 bits per heavy atom. The molecule has 116 valence electrons. The summed E-state index contributed by atoms with van der Waals surface area (Å²) in [7, 11) is -2.63. The van der Waals surface area contributed by atoms with Crippen LogP contribution in [0.3, 0.4) is 0 Å². The molecule has 0 aliphatic rings. The van der Waals surface area contributed by atoms with Crippen molar-refractivity contribution in [2.24, 2.45) is 0 Å². The minimum atomic E-state index is -2.63. The largest absolute Gasteiger partial charge is 0.695 e. The van der Waals surface area contributed by atoms with E-state index in [0.29, 0.717) is 23.4 Å². The van der Waals surface area contributed by atoms with E-state index < -0.39 is 14.4 Å². The van der Waals surface area contributed by atoms with E-state index in [9.17, 15) is 4.57 Å². The highest BCUT2D eigenvalue weighted by atomic mass is 31.1. The van der Waals surface area contributed by atoms with Gasteiger partial charge in [-0.2, -0.15) is 0 Å². The lowest BCUT2D eigenvalue weighted by Gasteiger charge is -2.09. The summed E-state index contributed by atoms with van der Waals surface area (Å²) < 4.78 is 22.5. The molecule has 2 heterocycles. The van der Waals surface area contributed by atoms with Gasteiger partial charge in [-0.1, -0.05) is 6.92 Å². The summed E-state index contributed by atoms with van der Waals surface area (Å²) in [6.07, 6.45) is 3.04. The average molecular weight is 317 g/mol. The number of hydrogen-bond donors (Lipinski definition) is 3. The van der Waals surface area contributed by atoms with Crippen molar-refractivity contribution in [1.29, 1.82) is 0 Å². The predicted molar refractivity (Wildman–Crippen MR) is 75.7 cm³/mol. The highest BCUT2D eigenvalue weighted by molar-refractivity contribution is 7.32. The molecule has 2 rings (SSSR count). The molecule has 2 atom stereocenters. The molecule has 2 aromatic heterocycles. The van der Waals surface area contributed by atoms with Crippen LogP contribution in [0, 0.1) is 0 Å². The molecule has 0 fully saturated rings. The first-order valence-corrected chi connectivity index (χ1v) is 7.06. The van der Waals surface area contributed by atoms with Gasteiger partial charge in [0.25, 0.3) is 0 Å². The third kappa shape index (κ3) is 4.38. The summed E-state index contributed by atoms with van der Waals surface area (Å²) in [4.78, 5) is 20.7. The fraction of sp³-hybridized carbons (Fsp3) is 0.500. The summed E-state index contributed by atoms with van der Waals surface area (Å²) in [5, 5.41) is 0. The molecule has 2 aromatic rings. The van der Waals surface area contributed by atoms with Gasteiger partial charge in [0.2, 0.25) is 0 Å². The van der Waals surface area contributed by atoms with E-state index in [0.717, 1.165) is 0 Å². The van der Waals surface area contributed by atoms with Crippen molar-refractivity contribution >= 4 is 25.2 Å². The second kappa shape index (κ2) is 7.91. The summed E-state index contributed by atoms with van der Waals surface area (Å²) in [6.45, 7) is 2.22. The quantitative estimate of drug-likeness (QED) is 0.632. The molecule has 0 aliphatic carbocycles. The van der Waals surface area contributed by atoms with E-state index in [-0.39, 0.29) is 19.5 Å². The van der Waals surface area contributed by atoms with Crippen LogP contribution in [-0.4, -0.2) is 37.1 Å². The number of rotatable bonds is 7. The van der Waals surface area contributed by atoms with Crippen LogP contribution in [0.4, 0.5) is 5.82 Å². The third-order valence-electron chi connectivity index (χ3n) is 2.66. The van der Waals surface area contributed by atoms with E-state index in [2.05, 4.69) is 15.0 Å². The second-order valence-electron chi connectivity index (χ2n) is 4.02. The zero-order chi connectivity index (χ0) is 14.5. The van der Waals surface area contributed by atoms with Gasteiger partial charge in [-0.25, -0.2) is 15.0 Å². The number of imidazole rings is 1. The summed E-state index contributed by atoms with van der Waals surface area (Å²) >= 11 is 0. The summed E-state index contributed by atoms with van der Waals surface area (Å²) in [5.74, 6) is 0.306. The maximum Gasteiger partial charge on any atom is 0.695 e. The lowest BCUT2D eigenvalue weighted by molar-refractivity contribution is 0.0146. The fourth-order valence-electron chi connectivity index (χ4n) is 1.63. The molecule has 6 N–H and O–H groups in total. The number of aromatic nitrogens is 4. The predicted octanol–water partition coefficient (Wildman–Crippen LogP) is 0.989. The average Bonchev–Trinajstić information content (AvgIpc) is 2.82. The SMILES string of the molecule is CCC(COCn1cnc2c(N)ncnc21)O[P+](=O)O.N. The van der Waals surface area contributed by atoms with Crippen molar-refractivity contribution in [3.05, 3.63) is 12.7 Å². The van der Waals surface area contributed by atoms with Gasteiger partial charge in [0, 0.05) is 4.57 Å². The van der Waals surface area contributed by atoms with Gasteiger partial charge in [-0.15, -0.1) is 9.42 Å². The minimum Gasteiger partial charge on any atom is -0.382 e. The Bertz CT molecular complexity index is 606. The van der Waals surface area contributed by atoms with E-state index in [1.54, 1.807) is 10.9 Å². The molecule has 10 nitrogen and oxygen atoms in total. The zero-order valence-corrected chi connectivity index (χ0v) is 12.4. The van der Waals surface area contributed by atoms with Gasteiger partial charge in [0.15, 0.2) is 11.5 Å². The van der Waals surface area contributed by atoms with Gasteiger partial charge in [0.05, 0.1) is 12.9 Å². The van der Waals surface area contributed by atoms with Gasteiger partial charge >= 0.3 is 8.25 Å². The Kier molecular flexibility index (Phi) is 6.53. The number of nitrogens with zero attached hydrogens (tertiary/aromatic N) is 4. The zero-order valence-electron chi connectivity index (χ0n) is 11.5. The van der Waals surface area contributed by atoms with Gasteiger partial charge in [-0.3, -0.25) is 4.57 Å². The number of ether oxygens (including phenoxy) is 1. The molecule has 0 spiro atoms. The van der Waals surface area contributed by atoms with Crippen molar-refractivity contribution in [1.82, 2.24) is 25.7 Å². The van der Waals surface area contributed by atoms with Crippen LogP contribution < -0.4 is 11.9 Å². The van der Waals surface area contributed by atoms with Crippen LogP contribution >= 0.6 is 8.25 Å². The summed E-state index contributed by atoms with van der Waals surface area (Å²) in [5.41, 5.74) is 6.76. The van der Waals surface area contributed by atoms with Crippen molar-refractivity contribution in [2.45, 2.75) is 26.2 Å². The molecule has 0 aliphatic heterocycles. The lowest BCUT2D eigenvalue weighted by Crippen LogP contribution is -2.17. The first-order valence-electron chi connectivity index (χ1n) is 5.93. The van der Waals surface area contributed by atoms with Crippen LogP contribution in [-0.2, 0) is 20.6 Å². The molecule has 2 unspecified atom stereocenters. The van der Waals surface area contributed by atoms with Crippen LogP contribution in [0.5, 0.6) is 0 Å². The molecule has 0 saturated heterocycles. The molecule has 21 heavy (non-hydrogen) atoms. The maximum absolute atomic E-state index is 10.6. The van der Waals surface area contributed by atoms with E-state index in [1.807, 2.05) is 6.92 Å². The smallest absolute Gasteiger partial charge is 0.382 e. The molecule has 0 amide bonds. The topological polar surface area (TPSA) is 160 Å². The van der Waals surface area contributed by atoms with E-state index in [4.69, 9.17) is 19.9 Å². The molecular formula is C10H18N6O4P+. The Morgan fingerprint density at radius 3 is 2.90 bits per heavy atom. The van der Waals surface area contributed by atoms with Crippen LogP contribution in [0.2, 0.25) is 0 Å². The van der Waals surface area contributed by atoms with Crippen molar-refractivity contribution in [2.75, 3.05) is 12.3 Å². The highest BCUT2D eigenvalue weighted by Crippen LogP contribution is 2.20. The first kappa shape index (κ1) is 17.3. The number of fused-ring (bicyclic) bond motifs is 1. The Labute approximate surface area is 121 Å². The van der Waals surface area contributed by atoms with Crippen LogP contribution in [0.25, 0.3) is 11.2 Å². The van der Waals surface area contributed by atoms with Crippen LogP contribution in [0.1, 0.15) is 13.3 Å². The van der Waals surface area contributed by atoms with E-state index in [1.165, 1.54) is 6.33 Å². The Morgan fingerprint density at radius 2 is 2.24 bits per heavy atom. The number of hydrogen-bond acceptors (Lipinski definition) is 8.